The Morgan fingerprint density at radius 1 is 1.35 bits per heavy atom. The molecule has 1 fully saturated rings. The van der Waals surface area contributed by atoms with E-state index in [1.54, 1.807) is 0 Å². The highest BCUT2D eigenvalue weighted by atomic mass is 16.3. The van der Waals surface area contributed by atoms with Crippen LogP contribution in [0.5, 0.6) is 0 Å². The topological polar surface area (TPSA) is 25.2 Å². The van der Waals surface area contributed by atoms with Gasteiger partial charge in [-0.1, -0.05) is 25.1 Å². The minimum absolute atomic E-state index is 0.215. The number of rotatable bonds is 3. The third kappa shape index (κ3) is 1.67. The number of aromatic nitrogens is 1. The Hall–Kier alpha value is -1.28. The van der Waals surface area contributed by atoms with Crippen LogP contribution in [0.3, 0.4) is 0 Å². The van der Waals surface area contributed by atoms with Gasteiger partial charge in [0.2, 0.25) is 0 Å². The quantitative estimate of drug-likeness (QED) is 0.856. The summed E-state index contributed by atoms with van der Waals surface area (Å²) >= 11 is 0. The Kier molecular flexibility index (Phi) is 2.67. The fraction of sp³-hybridized carbons (Fsp3) is 0.467. The number of hydrogen-bond acceptors (Lipinski definition) is 1. The van der Waals surface area contributed by atoms with E-state index < -0.39 is 0 Å². The standard InChI is InChI=1S/C15H19NO/c1-11(10-17)14-7-2-4-12-8-9-16(15(12)14)13-5-3-6-13/h2,4,7-9,11,13,17H,3,5-6,10H2,1H3. The summed E-state index contributed by atoms with van der Waals surface area (Å²) in [6, 6.07) is 9.28. The molecule has 0 aliphatic heterocycles. The number of para-hydroxylation sites is 1. The lowest BCUT2D eigenvalue weighted by Crippen LogP contribution is -2.17. The first-order valence-electron chi connectivity index (χ1n) is 6.51. The Morgan fingerprint density at radius 2 is 2.18 bits per heavy atom. The van der Waals surface area contributed by atoms with Crippen LogP contribution < -0.4 is 0 Å². The Balaban J connectivity index is 2.16. The molecule has 1 aliphatic rings. The van der Waals surface area contributed by atoms with Gasteiger partial charge in [-0.3, -0.25) is 0 Å². The lowest BCUT2D eigenvalue weighted by atomic mass is 9.92. The Bertz CT molecular complexity index is 525. The van der Waals surface area contributed by atoms with Gasteiger partial charge in [0.25, 0.3) is 0 Å². The smallest absolute Gasteiger partial charge is 0.0519 e. The monoisotopic (exact) mass is 229 g/mol. The van der Waals surface area contributed by atoms with E-state index in [1.807, 2.05) is 0 Å². The van der Waals surface area contributed by atoms with Crippen LogP contribution in [0, 0.1) is 0 Å². The van der Waals surface area contributed by atoms with E-state index in [4.69, 9.17) is 0 Å². The minimum Gasteiger partial charge on any atom is -0.396 e. The van der Waals surface area contributed by atoms with Gasteiger partial charge in [0, 0.05) is 24.8 Å². The van der Waals surface area contributed by atoms with E-state index in [0.29, 0.717) is 6.04 Å². The van der Waals surface area contributed by atoms with Gasteiger partial charge < -0.3 is 9.67 Å². The van der Waals surface area contributed by atoms with Crippen LogP contribution in [0.15, 0.2) is 30.5 Å². The van der Waals surface area contributed by atoms with Crippen LogP contribution in [0.1, 0.15) is 43.7 Å². The number of nitrogens with zero attached hydrogens (tertiary/aromatic N) is 1. The van der Waals surface area contributed by atoms with Gasteiger partial charge >= 0.3 is 0 Å². The third-order valence-corrected chi connectivity index (χ3v) is 4.04. The molecule has 0 bridgehead atoms. The van der Waals surface area contributed by atoms with Gasteiger partial charge in [0.15, 0.2) is 0 Å². The molecule has 0 saturated heterocycles. The second kappa shape index (κ2) is 4.19. The number of fused-ring (bicyclic) bond motifs is 1. The lowest BCUT2D eigenvalue weighted by Gasteiger charge is -2.29. The highest BCUT2D eigenvalue weighted by Crippen LogP contribution is 2.36. The van der Waals surface area contributed by atoms with Crippen molar-refractivity contribution < 1.29 is 5.11 Å². The maximum absolute atomic E-state index is 9.38. The predicted octanol–water partition coefficient (Wildman–Crippen LogP) is 3.46. The summed E-state index contributed by atoms with van der Waals surface area (Å²) < 4.78 is 2.42. The zero-order valence-electron chi connectivity index (χ0n) is 10.3. The molecule has 1 atom stereocenters. The molecule has 90 valence electrons. The predicted molar refractivity (Wildman–Crippen MR) is 70.3 cm³/mol. The molecule has 0 amide bonds. The van der Waals surface area contributed by atoms with Gasteiger partial charge in [-0.25, -0.2) is 0 Å². The molecule has 0 radical (unpaired) electrons. The SMILES string of the molecule is CC(CO)c1cccc2ccn(C3CCC3)c12. The van der Waals surface area contributed by atoms with Crippen molar-refractivity contribution in [3.05, 3.63) is 36.0 Å². The molecule has 1 saturated carbocycles. The number of aliphatic hydroxyl groups excluding tert-OH is 1. The van der Waals surface area contributed by atoms with E-state index in [9.17, 15) is 5.11 Å². The third-order valence-electron chi connectivity index (χ3n) is 4.04. The summed E-state index contributed by atoms with van der Waals surface area (Å²) in [4.78, 5) is 0. The molecule has 3 rings (SSSR count). The molecule has 2 nitrogen and oxygen atoms in total. The Morgan fingerprint density at radius 3 is 2.82 bits per heavy atom. The maximum atomic E-state index is 9.38. The van der Waals surface area contributed by atoms with Crippen LogP contribution in [0.25, 0.3) is 10.9 Å². The molecule has 0 spiro atoms. The van der Waals surface area contributed by atoms with E-state index in [0.717, 1.165) is 0 Å². The van der Waals surface area contributed by atoms with Gasteiger partial charge in [-0.2, -0.15) is 0 Å². The molecule has 1 aliphatic carbocycles. The summed E-state index contributed by atoms with van der Waals surface area (Å²) in [5.41, 5.74) is 2.61. The second-order valence-corrected chi connectivity index (χ2v) is 5.18. The molecule has 2 heteroatoms. The van der Waals surface area contributed by atoms with E-state index in [-0.39, 0.29) is 12.5 Å². The first-order chi connectivity index (χ1) is 8.31. The molecule has 1 heterocycles. The van der Waals surface area contributed by atoms with Crippen molar-refractivity contribution in [2.24, 2.45) is 0 Å². The van der Waals surface area contributed by atoms with Gasteiger partial charge in [0.1, 0.15) is 0 Å². The fourth-order valence-electron chi connectivity index (χ4n) is 2.71. The van der Waals surface area contributed by atoms with Gasteiger partial charge in [-0.15, -0.1) is 0 Å². The average Bonchev–Trinajstić information content (AvgIpc) is 2.70. The van der Waals surface area contributed by atoms with Gasteiger partial charge in [-0.05, 0) is 36.3 Å². The molecule has 17 heavy (non-hydrogen) atoms. The summed E-state index contributed by atoms with van der Waals surface area (Å²) in [7, 11) is 0. The normalized spacial score (nSPS) is 18.2. The summed E-state index contributed by atoms with van der Waals surface area (Å²) in [6.45, 7) is 2.31. The van der Waals surface area contributed by atoms with Crippen LogP contribution >= 0.6 is 0 Å². The van der Waals surface area contributed by atoms with Crippen LogP contribution in [-0.2, 0) is 0 Å². The zero-order chi connectivity index (χ0) is 11.8. The highest BCUT2D eigenvalue weighted by Gasteiger charge is 2.22. The molecule has 1 aromatic carbocycles. The first kappa shape index (κ1) is 10.8. The van der Waals surface area contributed by atoms with Crippen molar-refractivity contribution in [3.63, 3.8) is 0 Å². The summed E-state index contributed by atoms with van der Waals surface area (Å²) in [5, 5.41) is 10.7. The largest absolute Gasteiger partial charge is 0.396 e. The van der Waals surface area contributed by atoms with Crippen LogP contribution in [-0.4, -0.2) is 16.3 Å². The van der Waals surface area contributed by atoms with Gasteiger partial charge in [0.05, 0.1) is 5.52 Å². The van der Waals surface area contributed by atoms with Crippen molar-refractivity contribution in [2.75, 3.05) is 6.61 Å². The second-order valence-electron chi connectivity index (χ2n) is 5.18. The van der Waals surface area contributed by atoms with E-state index in [1.165, 1.54) is 35.7 Å². The van der Waals surface area contributed by atoms with Crippen LogP contribution in [0.2, 0.25) is 0 Å². The van der Waals surface area contributed by atoms with Crippen molar-refractivity contribution in [1.29, 1.82) is 0 Å². The fourth-order valence-corrected chi connectivity index (χ4v) is 2.71. The lowest BCUT2D eigenvalue weighted by molar-refractivity contribution is 0.272. The Labute approximate surface area is 102 Å². The number of benzene rings is 1. The van der Waals surface area contributed by atoms with Crippen molar-refractivity contribution >= 4 is 10.9 Å². The van der Waals surface area contributed by atoms with Crippen LogP contribution in [0.4, 0.5) is 0 Å². The molecule has 1 aromatic heterocycles. The van der Waals surface area contributed by atoms with E-state index >= 15 is 0 Å². The highest BCUT2D eigenvalue weighted by molar-refractivity contribution is 5.84. The molecule has 1 unspecified atom stereocenters. The molecular formula is C15H19NO. The average molecular weight is 229 g/mol. The van der Waals surface area contributed by atoms with Crippen molar-refractivity contribution in [1.82, 2.24) is 4.57 Å². The maximum Gasteiger partial charge on any atom is 0.0519 e. The summed E-state index contributed by atoms with van der Waals surface area (Å²) in [6.07, 6.45) is 6.15. The summed E-state index contributed by atoms with van der Waals surface area (Å²) in [5.74, 6) is 0.215. The molecular weight excluding hydrogens is 210 g/mol. The number of aliphatic hydroxyl groups is 1. The zero-order valence-corrected chi connectivity index (χ0v) is 10.3. The number of hydrogen-bond donors (Lipinski definition) is 1. The minimum atomic E-state index is 0.215. The molecule has 1 N–H and O–H groups in total. The first-order valence-corrected chi connectivity index (χ1v) is 6.51. The molecule has 2 aromatic rings. The van der Waals surface area contributed by atoms with E-state index in [2.05, 4.69) is 42.0 Å². The van der Waals surface area contributed by atoms with Crippen molar-refractivity contribution in [2.45, 2.75) is 38.1 Å². The van der Waals surface area contributed by atoms with Crippen molar-refractivity contribution in [3.8, 4) is 0 Å².